The van der Waals surface area contributed by atoms with Crippen LogP contribution in [0.25, 0.3) is 0 Å². The molecule has 0 aromatic heterocycles. The first kappa shape index (κ1) is 11.4. The number of hydrogen-bond acceptors (Lipinski definition) is 2. The molecule has 2 nitrogen and oxygen atoms in total. The van der Waals surface area contributed by atoms with E-state index in [0.29, 0.717) is 0 Å². The number of unbranched alkanes of at least 4 members (excludes halogenated alkanes) is 3. The van der Waals surface area contributed by atoms with Crippen LogP contribution in [0.3, 0.4) is 0 Å². The summed E-state index contributed by atoms with van der Waals surface area (Å²) >= 11 is 0. The Labute approximate surface area is 94.6 Å². The standard InChI is InChI=1S/C13H26N2/c1-3-4-5-6-9-15-10-12-7-8-13(11-15)14(12)2/h12-13H,3-11H2,1-2H3. The fraction of sp³-hybridized carbons (Fsp3) is 1.00. The van der Waals surface area contributed by atoms with E-state index in [1.54, 1.807) is 0 Å². The van der Waals surface area contributed by atoms with Crippen LogP contribution in [-0.4, -0.2) is 48.6 Å². The molecule has 2 heterocycles. The zero-order valence-corrected chi connectivity index (χ0v) is 10.4. The fourth-order valence-electron chi connectivity index (χ4n) is 3.15. The molecule has 2 fully saturated rings. The number of nitrogens with zero attached hydrogens (tertiary/aromatic N) is 2. The summed E-state index contributed by atoms with van der Waals surface area (Å²) in [7, 11) is 2.32. The Morgan fingerprint density at radius 3 is 2.27 bits per heavy atom. The summed E-state index contributed by atoms with van der Waals surface area (Å²) in [6, 6.07) is 1.74. The summed E-state index contributed by atoms with van der Waals surface area (Å²) in [6.07, 6.45) is 8.49. The van der Waals surface area contributed by atoms with Crippen LogP contribution in [0.1, 0.15) is 45.4 Å². The second-order valence-electron chi connectivity index (χ2n) is 5.37. The molecule has 2 saturated heterocycles. The smallest absolute Gasteiger partial charge is 0.0224 e. The third-order valence-corrected chi connectivity index (χ3v) is 4.25. The van der Waals surface area contributed by atoms with Crippen molar-refractivity contribution in [1.82, 2.24) is 9.80 Å². The minimum Gasteiger partial charge on any atom is -0.300 e. The van der Waals surface area contributed by atoms with E-state index in [1.165, 1.54) is 58.2 Å². The van der Waals surface area contributed by atoms with Gasteiger partial charge in [0.15, 0.2) is 0 Å². The molecule has 0 saturated carbocycles. The van der Waals surface area contributed by atoms with Crippen molar-refractivity contribution >= 4 is 0 Å². The van der Waals surface area contributed by atoms with Gasteiger partial charge in [0.2, 0.25) is 0 Å². The van der Waals surface area contributed by atoms with E-state index >= 15 is 0 Å². The lowest BCUT2D eigenvalue weighted by molar-refractivity contribution is 0.0874. The molecule has 2 unspecified atom stereocenters. The number of hydrogen-bond donors (Lipinski definition) is 0. The molecule has 88 valence electrons. The van der Waals surface area contributed by atoms with Gasteiger partial charge < -0.3 is 4.90 Å². The third kappa shape index (κ3) is 2.73. The fourth-order valence-corrected chi connectivity index (χ4v) is 3.15. The quantitative estimate of drug-likeness (QED) is 0.643. The molecular weight excluding hydrogens is 184 g/mol. The minimum atomic E-state index is 0.870. The zero-order chi connectivity index (χ0) is 10.7. The average molecular weight is 210 g/mol. The highest BCUT2D eigenvalue weighted by Gasteiger charge is 2.36. The summed E-state index contributed by atoms with van der Waals surface area (Å²) in [5.74, 6) is 0. The first-order valence-electron chi connectivity index (χ1n) is 6.75. The zero-order valence-electron chi connectivity index (χ0n) is 10.4. The van der Waals surface area contributed by atoms with Crippen LogP contribution >= 0.6 is 0 Å². The highest BCUT2D eigenvalue weighted by Crippen LogP contribution is 2.28. The van der Waals surface area contributed by atoms with Gasteiger partial charge in [0.1, 0.15) is 0 Å². The van der Waals surface area contributed by atoms with E-state index in [2.05, 4.69) is 23.8 Å². The van der Waals surface area contributed by atoms with Crippen molar-refractivity contribution < 1.29 is 0 Å². The van der Waals surface area contributed by atoms with E-state index in [0.717, 1.165) is 12.1 Å². The maximum absolute atomic E-state index is 2.71. The lowest BCUT2D eigenvalue weighted by Gasteiger charge is -2.38. The Balaban J connectivity index is 1.68. The van der Waals surface area contributed by atoms with Gasteiger partial charge in [-0.2, -0.15) is 0 Å². The van der Waals surface area contributed by atoms with Gasteiger partial charge in [0, 0.05) is 25.2 Å². The van der Waals surface area contributed by atoms with Gasteiger partial charge >= 0.3 is 0 Å². The maximum Gasteiger partial charge on any atom is 0.0224 e. The molecule has 0 aromatic carbocycles. The van der Waals surface area contributed by atoms with E-state index < -0.39 is 0 Å². The summed E-state index contributed by atoms with van der Waals surface area (Å²) in [4.78, 5) is 5.32. The molecule has 0 N–H and O–H groups in total. The molecule has 2 heteroatoms. The highest BCUT2D eigenvalue weighted by atomic mass is 15.3. The number of rotatable bonds is 5. The average Bonchev–Trinajstić information content (AvgIpc) is 2.50. The largest absolute Gasteiger partial charge is 0.300 e. The highest BCUT2D eigenvalue weighted by molar-refractivity contribution is 4.93. The number of fused-ring (bicyclic) bond motifs is 2. The number of likely N-dealkylation sites (tertiary alicyclic amines) is 1. The Morgan fingerprint density at radius 1 is 1.00 bits per heavy atom. The maximum atomic E-state index is 2.71. The molecular formula is C13H26N2. The second kappa shape index (κ2) is 5.31. The molecule has 0 spiro atoms. The van der Waals surface area contributed by atoms with E-state index in [1.807, 2.05) is 0 Å². The molecule has 2 aliphatic heterocycles. The molecule has 0 radical (unpaired) electrons. The molecule has 2 bridgehead atoms. The van der Waals surface area contributed by atoms with Crippen LogP contribution < -0.4 is 0 Å². The van der Waals surface area contributed by atoms with Crippen LogP contribution in [0, 0.1) is 0 Å². The molecule has 0 aliphatic carbocycles. The summed E-state index contributed by atoms with van der Waals surface area (Å²) in [6.45, 7) is 6.30. The summed E-state index contributed by atoms with van der Waals surface area (Å²) in [5, 5.41) is 0. The van der Waals surface area contributed by atoms with E-state index in [-0.39, 0.29) is 0 Å². The van der Waals surface area contributed by atoms with Gasteiger partial charge in [0.25, 0.3) is 0 Å². The topological polar surface area (TPSA) is 6.48 Å². The number of likely N-dealkylation sites (N-methyl/N-ethyl adjacent to an activating group) is 1. The van der Waals surface area contributed by atoms with Crippen molar-refractivity contribution in [3.8, 4) is 0 Å². The summed E-state index contributed by atoms with van der Waals surface area (Å²) < 4.78 is 0. The molecule has 2 rings (SSSR count). The van der Waals surface area contributed by atoms with Crippen molar-refractivity contribution in [1.29, 1.82) is 0 Å². The van der Waals surface area contributed by atoms with Crippen molar-refractivity contribution in [2.45, 2.75) is 57.5 Å². The van der Waals surface area contributed by atoms with Crippen molar-refractivity contribution in [3.63, 3.8) is 0 Å². The lowest BCUT2D eigenvalue weighted by atomic mass is 10.1. The van der Waals surface area contributed by atoms with Crippen LogP contribution in [-0.2, 0) is 0 Å². The SMILES string of the molecule is CCCCCCN1CC2CCC(C1)N2C. The van der Waals surface area contributed by atoms with Crippen LogP contribution in [0.4, 0.5) is 0 Å². The van der Waals surface area contributed by atoms with Gasteiger partial charge in [-0.15, -0.1) is 0 Å². The third-order valence-electron chi connectivity index (χ3n) is 4.25. The predicted molar refractivity (Wildman–Crippen MR) is 65.2 cm³/mol. The van der Waals surface area contributed by atoms with Crippen LogP contribution in [0.2, 0.25) is 0 Å². The Hall–Kier alpha value is -0.0800. The molecule has 2 atom stereocenters. The van der Waals surface area contributed by atoms with Crippen molar-refractivity contribution in [3.05, 3.63) is 0 Å². The van der Waals surface area contributed by atoms with Crippen LogP contribution in [0.5, 0.6) is 0 Å². The van der Waals surface area contributed by atoms with Gasteiger partial charge in [-0.05, 0) is 32.9 Å². The molecule has 2 aliphatic rings. The Kier molecular flexibility index (Phi) is 4.04. The Bertz CT molecular complexity index is 179. The molecule has 0 aromatic rings. The van der Waals surface area contributed by atoms with E-state index in [4.69, 9.17) is 0 Å². The predicted octanol–water partition coefficient (Wildman–Crippen LogP) is 2.35. The molecule has 15 heavy (non-hydrogen) atoms. The number of piperazine rings is 1. The molecule has 0 amide bonds. The first-order valence-corrected chi connectivity index (χ1v) is 6.75. The van der Waals surface area contributed by atoms with Gasteiger partial charge in [-0.25, -0.2) is 0 Å². The van der Waals surface area contributed by atoms with Gasteiger partial charge in [-0.3, -0.25) is 4.90 Å². The van der Waals surface area contributed by atoms with Gasteiger partial charge in [-0.1, -0.05) is 26.2 Å². The second-order valence-corrected chi connectivity index (χ2v) is 5.37. The normalized spacial score (nSPS) is 32.4. The summed E-state index contributed by atoms with van der Waals surface area (Å²) in [5.41, 5.74) is 0. The first-order chi connectivity index (χ1) is 7.31. The lowest BCUT2D eigenvalue weighted by Crippen LogP contribution is -2.51. The van der Waals surface area contributed by atoms with E-state index in [9.17, 15) is 0 Å². The van der Waals surface area contributed by atoms with Gasteiger partial charge in [0.05, 0.1) is 0 Å². The monoisotopic (exact) mass is 210 g/mol. The van der Waals surface area contributed by atoms with Crippen LogP contribution in [0.15, 0.2) is 0 Å². The van der Waals surface area contributed by atoms with Crippen molar-refractivity contribution in [2.24, 2.45) is 0 Å². The minimum absolute atomic E-state index is 0.870. The Morgan fingerprint density at radius 2 is 1.67 bits per heavy atom. The van der Waals surface area contributed by atoms with Crippen molar-refractivity contribution in [2.75, 3.05) is 26.7 Å².